The monoisotopic (exact) mass is 313 g/mol. The molecular weight excluding hydrogens is 302 g/mol. The van der Waals surface area contributed by atoms with Crippen LogP contribution in [0.5, 0.6) is 0 Å². The molecule has 21 heavy (non-hydrogen) atoms. The third-order valence-corrected chi connectivity index (χ3v) is 3.57. The molecule has 10 heteroatoms. The third-order valence-electron chi connectivity index (χ3n) is 2.72. The first-order valence-electron chi connectivity index (χ1n) is 5.60. The highest BCUT2D eigenvalue weighted by molar-refractivity contribution is 7.85. The molecular formula is C11H11N3O6S. The zero-order valence-corrected chi connectivity index (χ0v) is 11.6. The van der Waals surface area contributed by atoms with E-state index in [1.165, 1.54) is 6.07 Å². The molecule has 0 atom stereocenters. The van der Waals surface area contributed by atoms with Gasteiger partial charge in [0.25, 0.3) is 16.0 Å². The molecule has 1 aliphatic heterocycles. The molecule has 0 saturated carbocycles. The molecule has 0 fully saturated rings. The van der Waals surface area contributed by atoms with Gasteiger partial charge < -0.3 is 10.5 Å². The molecule has 0 bridgehead atoms. The van der Waals surface area contributed by atoms with Gasteiger partial charge in [-0.1, -0.05) is 0 Å². The minimum absolute atomic E-state index is 0.0826. The van der Waals surface area contributed by atoms with Crippen molar-refractivity contribution in [2.45, 2.75) is 11.3 Å². The molecule has 0 spiro atoms. The van der Waals surface area contributed by atoms with E-state index in [1.807, 2.05) is 0 Å². The molecule has 0 unspecified atom stereocenters. The Morgan fingerprint density at radius 3 is 2.67 bits per heavy atom. The number of nitrogens with two attached hydrogens (primary N) is 1. The SMILES string of the molecule is COC(=O)C1=NN(c2ccc(S(=O)(=O)O)cc2N)C(=O)C1. The number of rotatable bonds is 3. The summed E-state index contributed by atoms with van der Waals surface area (Å²) in [4.78, 5) is 22.7. The van der Waals surface area contributed by atoms with E-state index in [-0.39, 0.29) is 23.5 Å². The fraction of sp³-hybridized carbons (Fsp3) is 0.182. The molecule has 1 aromatic carbocycles. The maximum absolute atomic E-state index is 11.8. The molecule has 0 aromatic heterocycles. The highest BCUT2D eigenvalue weighted by Crippen LogP contribution is 2.29. The Morgan fingerprint density at radius 1 is 1.48 bits per heavy atom. The van der Waals surface area contributed by atoms with Gasteiger partial charge in [0.05, 0.1) is 29.8 Å². The zero-order chi connectivity index (χ0) is 15.8. The first-order valence-corrected chi connectivity index (χ1v) is 7.04. The molecule has 1 heterocycles. The van der Waals surface area contributed by atoms with Crippen molar-refractivity contribution in [1.29, 1.82) is 0 Å². The van der Waals surface area contributed by atoms with Crippen LogP contribution < -0.4 is 10.7 Å². The largest absolute Gasteiger partial charge is 0.464 e. The fourth-order valence-corrected chi connectivity index (χ4v) is 2.25. The highest BCUT2D eigenvalue weighted by Gasteiger charge is 2.31. The molecule has 1 amide bonds. The van der Waals surface area contributed by atoms with Gasteiger partial charge in [0, 0.05) is 0 Å². The van der Waals surface area contributed by atoms with E-state index in [0.29, 0.717) is 0 Å². The summed E-state index contributed by atoms with van der Waals surface area (Å²) in [6, 6.07) is 3.27. The van der Waals surface area contributed by atoms with E-state index >= 15 is 0 Å². The molecule has 1 aliphatic rings. The summed E-state index contributed by atoms with van der Waals surface area (Å²) in [5, 5.41) is 4.68. The second-order valence-electron chi connectivity index (χ2n) is 4.12. The van der Waals surface area contributed by atoms with Crippen LogP contribution in [0.15, 0.2) is 28.2 Å². The van der Waals surface area contributed by atoms with Gasteiger partial charge in [0.2, 0.25) is 0 Å². The summed E-state index contributed by atoms with van der Waals surface area (Å²) in [5.74, 6) is -1.25. The number of benzene rings is 1. The van der Waals surface area contributed by atoms with E-state index in [4.69, 9.17) is 10.3 Å². The Balaban J connectivity index is 2.41. The molecule has 9 nitrogen and oxygen atoms in total. The number of hydrogen-bond donors (Lipinski definition) is 2. The van der Waals surface area contributed by atoms with Crippen molar-refractivity contribution < 1.29 is 27.3 Å². The van der Waals surface area contributed by atoms with Gasteiger partial charge in [-0.25, -0.2) is 4.79 Å². The van der Waals surface area contributed by atoms with Crippen molar-refractivity contribution >= 4 is 39.1 Å². The molecule has 0 aliphatic carbocycles. The van der Waals surface area contributed by atoms with Crippen LogP contribution in [0.4, 0.5) is 11.4 Å². The number of amides is 1. The number of carbonyl (C=O) groups is 2. The molecule has 3 N–H and O–H groups in total. The van der Waals surface area contributed by atoms with Crippen molar-refractivity contribution in [3.63, 3.8) is 0 Å². The maximum Gasteiger partial charge on any atom is 0.354 e. The fourth-order valence-electron chi connectivity index (χ4n) is 1.73. The Labute approximate surface area is 119 Å². The summed E-state index contributed by atoms with van der Waals surface area (Å²) >= 11 is 0. The lowest BCUT2D eigenvalue weighted by atomic mass is 10.2. The van der Waals surface area contributed by atoms with Crippen molar-refractivity contribution in [2.75, 3.05) is 17.9 Å². The Morgan fingerprint density at radius 2 is 2.14 bits per heavy atom. The standard InChI is InChI=1S/C11H11N3O6S/c1-20-11(16)8-5-10(15)14(13-8)9-3-2-6(4-7(9)12)21(17,18)19/h2-4H,5,12H2,1H3,(H,17,18,19). The lowest BCUT2D eigenvalue weighted by Gasteiger charge is -2.14. The average molecular weight is 313 g/mol. The quantitative estimate of drug-likeness (QED) is 0.446. The van der Waals surface area contributed by atoms with Gasteiger partial charge in [-0.05, 0) is 18.2 Å². The number of methoxy groups -OCH3 is 1. The van der Waals surface area contributed by atoms with Crippen LogP contribution >= 0.6 is 0 Å². The number of anilines is 2. The van der Waals surface area contributed by atoms with Gasteiger partial charge >= 0.3 is 5.97 Å². The van der Waals surface area contributed by atoms with Gasteiger partial charge in [-0.3, -0.25) is 9.35 Å². The lowest BCUT2D eigenvalue weighted by molar-refractivity contribution is -0.133. The zero-order valence-electron chi connectivity index (χ0n) is 10.8. The Kier molecular flexibility index (Phi) is 3.66. The van der Waals surface area contributed by atoms with Crippen LogP contribution in [0.3, 0.4) is 0 Å². The average Bonchev–Trinajstić information content (AvgIpc) is 2.78. The van der Waals surface area contributed by atoms with Crippen molar-refractivity contribution in [1.82, 2.24) is 0 Å². The number of carbonyl (C=O) groups excluding carboxylic acids is 2. The van der Waals surface area contributed by atoms with Crippen molar-refractivity contribution in [3.8, 4) is 0 Å². The van der Waals surface area contributed by atoms with E-state index in [9.17, 15) is 18.0 Å². The maximum atomic E-state index is 11.8. The van der Waals surface area contributed by atoms with Crippen LogP contribution in [-0.2, 0) is 24.4 Å². The minimum Gasteiger partial charge on any atom is -0.464 e. The molecule has 112 valence electrons. The molecule has 1 aromatic rings. The van der Waals surface area contributed by atoms with Gasteiger partial charge in [-0.15, -0.1) is 0 Å². The number of nitrogen functional groups attached to an aromatic ring is 1. The van der Waals surface area contributed by atoms with E-state index in [0.717, 1.165) is 24.3 Å². The summed E-state index contributed by atoms with van der Waals surface area (Å²) in [7, 11) is -3.24. The van der Waals surface area contributed by atoms with Crippen LogP contribution in [0.1, 0.15) is 6.42 Å². The summed E-state index contributed by atoms with van der Waals surface area (Å²) in [6.07, 6.45) is -0.244. The Hall–Kier alpha value is -2.46. The smallest absolute Gasteiger partial charge is 0.354 e. The number of ether oxygens (including phenoxy) is 1. The van der Waals surface area contributed by atoms with E-state index < -0.39 is 26.9 Å². The molecule has 2 rings (SSSR count). The van der Waals surface area contributed by atoms with Crippen LogP contribution in [0.2, 0.25) is 0 Å². The third kappa shape index (κ3) is 2.85. The number of nitrogens with zero attached hydrogens (tertiary/aromatic N) is 2. The normalized spacial score (nSPS) is 15.0. The summed E-state index contributed by atoms with van der Waals surface area (Å²) in [5.41, 5.74) is 5.59. The first kappa shape index (κ1) is 14.9. The van der Waals surface area contributed by atoms with Crippen molar-refractivity contribution in [2.24, 2.45) is 5.10 Å². The van der Waals surface area contributed by atoms with E-state index in [2.05, 4.69) is 9.84 Å². The summed E-state index contributed by atoms with van der Waals surface area (Å²) < 4.78 is 35.4. The van der Waals surface area contributed by atoms with E-state index in [1.54, 1.807) is 0 Å². The highest BCUT2D eigenvalue weighted by atomic mass is 32.2. The van der Waals surface area contributed by atoms with Crippen LogP contribution in [0.25, 0.3) is 0 Å². The lowest BCUT2D eigenvalue weighted by Crippen LogP contribution is -2.21. The second-order valence-corrected chi connectivity index (χ2v) is 5.54. The minimum atomic E-state index is -4.40. The number of esters is 1. The van der Waals surface area contributed by atoms with Gasteiger partial charge in [0.1, 0.15) is 0 Å². The van der Waals surface area contributed by atoms with Gasteiger partial charge in [-0.2, -0.15) is 18.5 Å². The molecule has 0 radical (unpaired) electrons. The predicted molar refractivity (Wildman–Crippen MR) is 72.2 cm³/mol. The number of hydrazone groups is 1. The first-order chi connectivity index (χ1) is 9.74. The van der Waals surface area contributed by atoms with Crippen LogP contribution in [-0.4, -0.2) is 37.7 Å². The topological polar surface area (TPSA) is 139 Å². The number of hydrogen-bond acceptors (Lipinski definition) is 7. The predicted octanol–water partition coefficient (Wildman–Crippen LogP) is -0.219. The summed E-state index contributed by atoms with van der Waals surface area (Å²) in [6.45, 7) is 0. The van der Waals surface area contributed by atoms with Gasteiger partial charge in [0.15, 0.2) is 5.71 Å². The second kappa shape index (κ2) is 5.14. The van der Waals surface area contributed by atoms with Crippen molar-refractivity contribution in [3.05, 3.63) is 18.2 Å². The Bertz CT molecular complexity index is 755. The van der Waals surface area contributed by atoms with Crippen LogP contribution in [0, 0.1) is 0 Å². The molecule has 0 saturated heterocycles.